The van der Waals surface area contributed by atoms with Gasteiger partial charge in [-0.1, -0.05) is 33.1 Å². The first kappa shape index (κ1) is 15.7. The van der Waals surface area contributed by atoms with Gasteiger partial charge in [-0.05, 0) is 23.9 Å². The molecule has 2 aromatic rings. The second-order valence-electron chi connectivity index (χ2n) is 5.00. The summed E-state index contributed by atoms with van der Waals surface area (Å²) in [6.07, 6.45) is 9.89. The fourth-order valence-electron chi connectivity index (χ4n) is 2.09. The lowest BCUT2D eigenvalue weighted by molar-refractivity contribution is 0.471. The molecule has 1 N–H and O–H groups in total. The zero-order valence-electron chi connectivity index (χ0n) is 12.5. The summed E-state index contributed by atoms with van der Waals surface area (Å²) in [7, 11) is 0. The van der Waals surface area contributed by atoms with E-state index in [9.17, 15) is 0 Å². The Balaban J connectivity index is 2.03. The first-order valence-electron chi connectivity index (χ1n) is 7.36. The van der Waals surface area contributed by atoms with E-state index in [1.165, 1.54) is 19.3 Å². The molecule has 114 valence electrons. The van der Waals surface area contributed by atoms with E-state index in [1.54, 1.807) is 23.3 Å². The van der Waals surface area contributed by atoms with Gasteiger partial charge in [-0.25, -0.2) is 4.98 Å². The molecule has 0 aliphatic carbocycles. The molecule has 0 aromatic carbocycles. The number of nitrogens with zero attached hydrogens (tertiary/aromatic N) is 5. The molecular formula is C14H21ClN6. The van der Waals surface area contributed by atoms with Crippen molar-refractivity contribution in [3.8, 4) is 5.95 Å². The molecule has 0 amide bonds. The lowest BCUT2D eigenvalue weighted by atomic mass is 9.99. The van der Waals surface area contributed by atoms with Gasteiger partial charge >= 0.3 is 0 Å². The highest BCUT2D eigenvalue weighted by molar-refractivity contribution is 6.28. The van der Waals surface area contributed by atoms with E-state index in [2.05, 4.69) is 39.1 Å². The molecular weight excluding hydrogens is 288 g/mol. The van der Waals surface area contributed by atoms with Crippen LogP contribution in [-0.4, -0.2) is 31.0 Å². The van der Waals surface area contributed by atoms with Crippen LogP contribution in [0.4, 0.5) is 5.95 Å². The van der Waals surface area contributed by atoms with E-state index in [1.807, 2.05) is 0 Å². The van der Waals surface area contributed by atoms with Crippen molar-refractivity contribution in [1.29, 1.82) is 0 Å². The summed E-state index contributed by atoms with van der Waals surface area (Å²) in [4.78, 5) is 16.6. The summed E-state index contributed by atoms with van der Waals surface area (Å²) in [5.74, 6) is 1.60. The van der Waals surface area contributed by atoms with Gasteiger partial charge in [0.15, 0.2) is 0 Å². The van der Waals surface area contributed by atoms with Crippen LogP contribution in [0.25, 0.3) is 5.95 Å². The third-order valence-corrected chi connectivity index (χ3v) is 3.59. The Morgan fingerprint density at radius 1 is 1.29 bits per heavy atom. The summed E-state index contributed by atoms with van der Waals surface area (Å²) in [5.41, 5.74) is 0. The molecule has 21 heavy (non-hydrogen) atoms. The standard InChI is InChI=1S/C14H21ClN6/c1-3-5-6-11(4-2)9-17-13-18-12(15)19-14(20-13)21-8-7-16-10-21/h7-8,10-11H,3-6,9H2,1-2H3,(H,17,18,19,20). The molecule has 7 heteroatoms. The Kier molecular flexibility index (Phi) is 5.92. The van der Waals surface area contributed by atoms with E-state index in [0.717, 1.165) is 13.0 Å². The molecule has 2 heterocycles. The average Bonchev–Trinajstić information content (AvgIpc) is 3.01. The summed E-state index contributed by atoms with van der Waals surface area (Å²) >= 11 is 5.96. The zero-order chi connectivity index (χ0) is 15.1. The molecule has 0 aliphatic rings. The van der Waals surface area contributed by atoms with Crippen molar-refractivity contribution in [2.24, 2.45) is 5.92 Å². The molecule has 2 rings (SSSR count). The number of nitrogens with one attached hydrogen (secondary N) is 1. The molecule has 0 bridgehead atoms. The van der Waals surface area contributed by atoms with E-state index in [4.69, 9.17) is 11.6 Å². The summed E-state index contributed by atoms with van der Waals surface area (Å²) in [5, 5.41) is 3.45. The van der Waals surface area contributed by atoms with Crippen molar-refractivity contribution >= 4 is 17.5 Å². The number of hydrogen-bond acceptors (Lipinski definition) is 5. The van der Waals surface area contributed by atoms with Gasteiger partial charge in [-0.2, -0.15) is 15.0 Å². The molecule has 0 spiro atoms. The van der Waals surface area contributed by atoms with Crippen LogP contribution >= 0.6 is 11.6 Å². The fraction of sp³-hybridized carbons (Fsp3) is 0.571. The number of unbranched alkanes of at least 4 members (excludes halogenated alkanes) is 1. The predicted molar refractivity (Wildman–Crippen MR) is 83.8 cm³/mol. The van der Waals surface area contributed by atoms with Crippen LogP contribution in [0.15, 0.2) is 18.7 Å². The third kappa shape index (κ3) is 4.67. The minimum absolute atomic E-state index is 0.179. The van der Waals surface area contributed by atoms with E-state index < -0.39 is 0 Å². The summed E-state index contributed by atoms with van der Waals surface area (Å²) in [6.45, 7) is 5.27. The fourth-order valence-corrected chi connectivity index (χ4v) is 2.25. The first-order chi connectivity index (χ1) is 10.2. The minimum atomic E-state index is 0.179. The molecule has 0 saturated carbocycles. The van der Waals surface area contributed by atoms with Crippen molar-refractivity contribution < 1.29 is 0 Å². The van der Waals surface area contributed by atoms with Gasteiger partial charge in [0.1, 0.15) is 6.33 Å². The van der Waals surface area contributed by atoms with Crippen molar-refractivity contribution in [2.75, 3.05) is 11.9 Å². The largest absolute Gasteiger partial charge is 0.354 e. The van der Waals surface area contributed by atoms with Crippen LogP contribution in [0, 0.1) is 5.92 Å². The number of rotatable bonds is 8. The van der Waals surface area contributed by atoms with Gasteiger partial charge in [0.2, 0.25) is 17.2 Å². The van der Waals surface area contributed by atoms with Gasteiger partial charge < -0.3 is 5.32 Å². The summed E-state index contributed by atoms with van der Waals surface area (Å²) in [6, 6.07) is 0. The molecule has 0 fully saturated rings. The topological polar surface area (TPSA) is 68.5 Å². The Morgan fingerprint density at radius 3 is 2.81 bits per heavy atom. The van der Waals surface area contributed by atoms with Crippen LogP contribution in [0.2, 0.25) is 5.28 Å². The van der Waals surface area contributed by atoms with Crippen LogP contribution < -0.4 is 5.32 Å². The first-order valence-corrected chi connectivity index (χ1v) is 7.74. The highest BCUT2D eigenvalue weighted by Crippen LogP contribution is 2.14. The highest BCUT2D eigenvalue weighted by atomic mass is 35.5. The molecule has 0 radical (unpaired) electrons. The Morgan fingerprint density at radius 2 is 2.14 bits per heavy atom. The van der Waals surface area contributed by atoms with Gasteiger partial charge in [-0.15, -0.1) is 0 Å². The molecule has 2 aromatic heterocycles. The monoisotopic (exact) mass is 308 g/mol. The van der Waals surface area contributed by atoms with E-state index in [0.29, 0.717) is 17.8 Å². The lowest BCUT2D eigenvalue weighted by Crippen LogP contribution is -2.16. The Bertz CT molecular complexity index is 542. The van der Waals surface area contributed by atoms with Gasteiger partial charge in [0, 0.05) is 18.9 Å². The maximum Gasteiger partial charge on any atom is 0.241 e. The Hall–Kier alpha value is -1.69. The second-order valence-corrected chi connectivity index (χ2v) is 5.33. The van der Waals surface area contributed by atoms with E-state index in [-0.39, 0.29) is 5.28 Å². The van der Waals surface area contributed by atoms with Crippen molar-refractivity contribution in [1.82, 2.24) is 24.5 Å². The maximum atomic E-state index is 5.96. The molecule has 0 aliphatic heterocycles. The molecule has 6 nitrogen and oxygen atoms in total. The third-order valence-electron chi connectivity index (χ3n) is 3.42. The predicted octanol–water partition coefficient (Wildman–Crippen LogP) is 3.34. The zero-order valence-corrected chi connectivity index (χ0v) is 13.2. The second kappa shape index (κ2) is 7.93. The minimum Gasteiger partial charge on any atom is -0.354 e. The van der Waals surface area contributed by atoms with Crippen LogP contribution in [0.5, 0.6) is 0 Å². The number of imidazole rings is 1. The number of hydrogen-bond donors (Lipinski definition) is 1. The average molecular weight is 309 g/mol. The normalized spacial score (nSPS) is 12.3. The van der Waals surface area contributed by atoms with E-state index >= 15 is 0 Å². The molecule has 1 unspecified atom stereocenters. The number of halogens is 1. The number of aromatic nitrogens is 5. The van der Waals surface area contributed by atoms with Gasteiger partial charge in [-0.3, -0.25) is 4.57 Å². The van der Waals surface area contributed by atoms with Crippen LogP contribution in [0.1, 0.15) is 39.5 Å². The van der Waals surface area contributed by atoms with Crippen molar-refractivity contribution in [2.45, 2.75) is 39.5 Å². The van der Waals surface area contributed by atoms with Gasteiger partial charge in [0.05, 0.1) is 0 Å². The van der Waals surface area contributed by atoms with Crippen LogP contribution in [0.3, 0.4) is 0 Å². The Labute approximate surface area is 130 Å². The lowest BCUT2D eigenvalue weighted by Gasteiger charge is -2.15. The van der Waals surface area contributed by atoms with Crippen LogP contribution in [-0.2, 0) is 0 Å². The SMILES string of the molecule is CCCCC(CC)CNc1nc(Cl)nc(-n2ccnc2)n1. The van der Waals surface area contributed by atoms with Crippen molar-refractivity contribution in [3.05, 3.63) is 24.0 Å². The molecule has 0 saturated heterocycles. The summed E-state index contributed by atoms with van der Waals surface area (Å²) < 4.78 is 1.70. The quantitative estimate of drug-likeness (QED) is 0.810. The van der Waals surface area contributed by atoms with Gasteiger partial charge in [0.25, 0.3) is 0 Å². The highest BCUT2D eigenvalue weighted by Gasteiger charge is 2.09. The maximum absolute atomic E-state index is 5.96. The molecule has 1 atom stereocenters. The smallest absolute Gasteiger partial charge is 0.241 e. The van der Waals surface area contributed by atoms with Crippen molar-refractivity contribution in [3.63, 3.8) is 0 Å². The number of anilines is 1.